The maximum absolute atomic E-state index is 12.2. The van der Waals surface area contributed by atoms with E-state index in [1.54, 1.807) is 13.8 Å². The molecular weight excluding hydrogens is 271 g/mol. The number of hydrogen-bond donors (Lipinski definition) is 0. The first kappa shape index (κ1) is 9.82. The molecule has 0 bridgehead atoms. The van der Waals surface area contributed by atoms with Crippen LogP contribution >= 0.6 is 0 Å². The Bertz CT molecular complexity index is 580. The third kappa shape index (κ3) is 1.03. The fraction of sp³-hybridized carbons (Fsp3) is 0.167. The predicted octanol–water partition coefficient (Wildman–Crippen LogP) is 1.73. The van der Waals surface area contributed by atoms with Gasteiger partial charge in [-0.25, -0.2) is 0 Å². The van der Waals surface area contributed by atoms with Gasteiger partial charge in [0.15, 0.2) is 0 Å². The molecule has 0 radical (unpaired) electrons. The Morgan fingerprint density at radius 1 is 0.938 bits per heavy atom. The molecule has 0 aliphatic heterocycles. The van der Waals surface area contributed by atoms with Crippen molar-refractivity contribution in [2.24, 2.45) is 0 Å². The van der Waals surface area contributed by atoms with Crippen molar-refractivity contribution in [3.8, 4) is 0 Å². The van der Waals surface area contributed by atoms with Crippen LogP contribution in [0, 0.1) is 13.8 Å². The second-order valence-corrected chi connectivity index (χ2v) is 5.38. The Morgan fingerprint density at radius 2 is 1.38 bits per heavy atom. The van der Waals surface area contributed by atoms with Gasteiger partial charge in [-0.2, -0.15) is 0 Å². The van der Waals surface area contributed by atoms with Gasteiger partial charge in [0.2, 0.25) is 0 Å². The number of ketones is 2. The van der Waals surface area contributed by atoms with Gasteiger partial charge in [0, 0.05) is 0 Å². The van der Waals surface area contributed by atoms with E-state index in [0.717, 1.165) is 0 Å². The number of furan rings is 1. The monoisotopic (exact) mass is 280 g/mol. The molecule has 16 heavy (non-hydrogen) atoms. The fourth-order valence-corrected chi connectivity index (χ4v) is 3.84. The Labute approximate surface area is 97.8 Å². The Kier molecular flexibility index (Phi) is 1.88. The zero-order valence-corrected chi connectivity index (χ0v) is 10.5. The molecule has 4 heteroatoms. The van der Waals surface area contributed by atoms with Crippen LogP contribution in [-0.4, -0.2) is 26.1 Å². The molecule has 2 heterocycles. The molecule has 0 aromatic carbocycles. The van der Waals surface area contributed by atoms with Crippen molar-refractivity contribution in [2.45, 2.75) is 13.8 Å². The standard InChI is InChI=1S/C12H8O3Se/c1-5-9-10(6(2)15-5)12(14)8-4-16-3-7(8)11(9)13/h3-4H,1-2H3. The van der Waals surface area contributed by atoms with E-state index in [0.29, 0.717) is 33.8 Å². The van der Waals surface area contributed by atoms with Gasteiger partial charge in [-0.1, -0.05) is 0 Å². The molecule has 0 saturated heterocycles. The molecule has 0 spiro atoms. The van der Waals surface area contributed by atoms with Gasteiger partial charge < -0.3 is 0 Å². The van der Waals surface area contributed by atoms with E-state index in [4.69, 9.17) is 4.42 Å². The summed E-state index contributed by atoms with van der Waals surface area (Å²) in [5, 5.41) is 0. The second-order valence-electron chi connectivity index (χ2n) is 3.82. The molecule has 2 aromatic heterocycles. The molecule has 0 N–H and O–H groups in total. The number of carbonyl (C=O) groups excluding carboxylic acids is 2. The summed E-state index contributed by atoms with van der Waals surface area (Å²) in [4.78, 5) is 28.1. The van der Waals surface area contributed by atoms with E-state index < -0.39 is 0 Å². The minimum atomic E-state index is -0.0606. The number of hydrogen-bond acceptors (Lipinski definition) is 3. The zero-order valence-electron chi connectivity index (χ0n) is 8.79. The summed E-state index contributed by atoms with van der Waals surface area (Å²) in [7, 11) is 0. The summed E-state index contributed by atoms with van der Waals surface area (Å²) >= 11 is 0.137. The van der Waals surface area contributed by atoms with Crippen molar-refractivity contribution in [3.05, 3.63) is 43.7 Å². The number of fused-ring (bicyclic) bond motifs is 2. The number of carbonyl (C=O) groups is 2. The topological polar surface area (TPSA) is 47.3 Å². The van der Waals surface area contributed by atoms with Gasteiger partial charge in [-0.3, -0.25) is 0 Å². The van der Waals surface area contributed by atoms with Crippen LogP contribution in [0.5, 0.6) is 0 Å². The second kappa shape index (κ2) is 3.06. The van der Waals surface area contributed by atoms with E-state index in [1.807, 2.05) is 9.88 Å². The third-order valence-corrected chi connectivity index (χ3v) is 4.43. The molecule has 1 aliphatic rings. The van der Waals surface area contributed by atoms with Gasteiger partial charge in [0.25, 0.3) is 0 Å². The number of aryl methyl sites for hydroxylation is 2. The first-order chi connectivity index (χ1) is 7.61. The van der Waals surface area contributed by atoms with Crippen LogP contribution in [0.3, 0.4) is 0 Å². The third-order valence-electron chi connectivity index (χ3n) is 2.87. The Morgan fingerprint density at radius 3 is 1.81 bits per heavy atom. The van der Waals surface area contributed by atoms with E-state index in [1.165, 1.54) is 0 Å². The van der Waals surface area contributed by atoms with E-state index in [9.17, 15) is 9.59 Å². The van der Waals surface area contributed by atoms with Crippen LogP contribution in [-0.2, 0) is 0 Å². The van der Waals surface area contributed by atoms with Crippen LogP contribution in [0.2, 0.25) is 0 Å². The maximum atomic E-state index is 12.2. The molecule has 2 aromatic rings. The molecule has 0 saturated carbocycles. The van der Waals surface area contributed by atoms with E-state index in [-0.39, 0.29) is 26.1 Å². The quantitative estimate of drug-likeness (QED) is 0.589. The Balaban J connectivity index is 2.40. The van der Waals surface area contributed by atoms with Crippen LogP contribution in [0.25, 0.3) is 0 Å². The van der Waals surface area contributed by atoms with Crippen molar-refractivity contribution in [1.82, 2.24) is 0 Å². The van der Waals surface area contributed by atoms with Crippen LogP contribution in [0.1, 0.15) is 43.4 Å². The minimum absolute atomic E-state index is 0.0606. The normalized spacial score (nSPS) is 13.9. The molecule has 0 fully saturated rings. The molecule has 1 aliphatic carbocycles. The molecule has 0 atom stereocenters. The Hall–Kier alpha value is -1.38. The van der Waals surface area contributed by atoms with E-state index in [2.05, 4.69) is 0 Å². The van der Waals surface area contributed by atoms with Crippen molar-refractivity contribution in [2.75, 3.05) is 0 Å². The molecule has 3 rings (SSSR count). The van der Waals surface area contributed by atoms with Gasteiger partial charge in [0.1, 0.15) is 0 Å². The summed E-state index contributed by atoms with van der Waals surface area (Å²) < 4.78 is 5.38. The first-order valence-corrected chi connectivity index (χ1v) is 6.84. The molecule has 0 amide bonds. The SMILES string of the molecule is Cc1oc(C)c2c1C(=O)c1c[se]cc1C2=O. The summed E-state index contributed by atoms with van der Waals surface area (Å²) in [6, 6.07) is 0. The van der Waals surface area contributed by atoms with E-state index >= 15 is 0 Å². The average molecular weight is 279 g/mol. The van der Waals surface area contributed by atoms with Crippen molar-refractivity contribution in [1.29, 1.82) is 0 Å². The van der Waals surface area contributed by atoms with Crippen LogP contribution in [0.4, 0.5) is 0 Å². The van der Waals surface area contributed by atoms with Crippen molar-refractivity contribution in [3.63, 3.8) is 0 Å². The summed E-state index contributed by atoms with van der Waals surface area (Å²) in [5.41, 5.74) is 2.06. The van der Waals surface area contributed by atoms with Gasteiger partial charge in [-0.05, 0) is 0 Å². The summed E-state index contributed by atoms with van der Waals surface area (Å²) in [5.74, 6) is 0.972. The molecule has 80 valence electrons. The predicted molar refractivity (Wildman–Crippen MR) is 58.4 cm³/mol. The van der Waals surface area contributed by atoms with Crippen LogP contribution in [0.15, 0.2) is 14.3 Å². The summed E-state index contributed by atoms with van der Waals surface area (Å²) in [6.45, 7) is 3.46. The van der Waals surface area contributed by atoms with Gasteiger partial charge in [0.05, 0.1) is 0 Å². The number of rotatable bonds is 0. The van der Waals surface area contributed by atoms with Crippen molar-refractivity contribution >= 4 is 26.1 Å². The van der Waals surface area contributed by atoms with Gasteiger partial charge >= 0.3 is 97.6 Å². The molecule has 0 unspecified atom stereocenters. The molecule has 3 nitrogen and oxygen atoms in total. The van der Waals surface area contributed by atoms with Crippen molar-refractivity contribution < 1.29 is 14.0 Å². The van der Waals surface area contributed by atoms with Crippen LogP contribution < -0.4 is 0 Å². The fourth-order valence-electron chi connectivity index (χ4n) is 2.15. The average Bonchev–Trinajstić information content (AvgIpc) is 2.80. The first-order valence-electron chi connectivity index (χ1n) is 4.87. The molecular formula is C12H8O3Se. The van der Waals surface area contributed by atoms with Gasteiger partial charge in [-0.15, -0.1) is 0 Å². The zero-order chi connectivity index (χ0) is 11.4. The summed E-state index contributed by atoms with van der Waals surface area (Å²) in [6.07, 6.45) is 0.